The number of nitrogen functional groups attached to an aromatic ring is 1. The van der Waals surface area contributed by atoms with Crippen molar-refractivity contribution in [1.29, 1.82) is 0 Å². The van der Waals surface area contributed by atoms with Crippen LogP contribution in [-0.4, -0.2) is 20.3 Å². The van der Waals surface area contributed by atoms with Crippen LogP contribution < -0.4 is 15.8 Å². The van der Waals surface area contributed by atoms with Gasteiger partial charge < -0.3 is 15.8 Å². The first kappa shape index (κ1) is 9.64. The van der Waals surface area contributed by atoms with E-state index in [1.807, 2.05) is 0 Å². The van der Waals surface area contributed by atoms with E-state index in [1.54, 1.807) is 25.3 Å². The Morgan fingerprint density at radius 3 is 2.92 bits per heavy atom. The Bertz CT molecular complexity index is 278. The van der Waals surface area contributed by atoms with Crippen LogP contribution in [-0.2, 0) is 0 Å². The SMILES string of the molecule is COc1ccc(N)c(NCCF)c1. The third kappa shape index (κ3) is 2.50. The van der Waals surface area contributed by atoms with E-state index in [0.717, 1.165) is 0 Å². The predicted molar refractivity (Wildman–Crippen MR) is 51.9 cm³/mol. The molecule has 13 heavy (non-hydrogen) atoms. The van der Waals surface area contributed by atoms with Gasteiger partial charge in [0.15, 0.2) is 0 Å². The summed E-state index contributed by atoms with van der Waals surface area (Å²) >= 11 is 0. The van der Waals surface area contributed by atoms with Gasteiger partial charge in [-0.2, -0.15) is 0 Å². The van der Waals surface area contributed by atoms with Crippen molar-refractivity contribution < 1.29 is 9.13 Å². The molecule has 1 aromatic rings. The van der Waals surface area contributed by atoms with Gasteiger partial charge in [0, 0.05) is 12.6 Å². The number of hydrogen-bond donors (Lipinski definition) is 2. The van der Waals surface area contributed by atoms with Crippen LogP contribution in [0.15, 0.2) is 18.2 Å². The van der Waals surface area contributed by atoms with Crippen LogP contribution in [0.4, 0.5) is 15.8 Å². The Morgan fingerprint density at radius 1 is 1.54 bits per heavy atom. The summed E-state index contributed by atoms with van der Waals surface area (Å²) in [6, 6.07) is 5.22. The Labute approximate surface area is 76.7 Å². The van der Waals surface area contributed by atoms with Gasteiger partial charge in [0.05, 0.1) is 18.5 Å². The van der Waals surface area contributed by atoms with Gasteiger partial charge in [-0.3, -0.25) is 0 Å². The first-order valence-corrected chi connectivity index (χ1v) is 4.01. The third-order valence-electron chi connectivity index (χ3n) is 1.67. The molecule has 0 fully saturated rings. The first-order valence-electron chi connectivity index (χ1n) is 4.01. The van der Waals surface area contributed by atoms with E-state index < -0.39 is 6.67 Å². The van der Waals surface area contributed by atoms with E-state index in [-0.39, 0.29) is 6.54 Å². The highest BCUT2D eigenvalue weighted by Gasteiger charge is 1.99. The van der Waals surface area contributed by atoms with E-state index in [2.05, 4.69) is 5.32 Å². The van der Waals surface area contributed by atoms with Crippen LogP contribution in [0.1, 0.15) is 0 Å². The topological polar surface area (TPSA) is 47.3 Å². The number of nitrogens with one attached hydrogen (secondary N) is 1. The van der Waals surface area contributed by atoms with Crippen LogP contribution in [0.3, 0.4) is 0 Å². The standard InChI is InChI=1S/C9H13FN2O/c1-13-7-2-3-8(11)9(6-7)12-5-4-10/h2-3,6,12H,4-5,11H2,1H3. The van der Waals surface area contributed by atoms with E-state index >= 15 is 0 Å². The van der Waals surface area contributed by atoms with E-state index in [9.17, 15) is 4.39 Å². The fraction of sp³-hybridized carbons (Fsp3) is 0.333. The second-order valence-corrected chi connectivity index (χ2v) is 2.57. The highest BCUT2D eigenvalue weighted by Crippen LogP contribution is 2.23. The predicted octanol–water partition coefficient (Wildman–Crippen LogP) is 1.66. The maximum absolute atomic E-state index is 11.9. The third-order valence-corrected chi connectivity index (χ3v) is 1.67. The molecule has 0 radical (unpaired) electrons. The molecule has 0 aliphatic heterocycles. The van der Waals surface area contributed by atoms with Crippen molar-refractivity contribution in [3.05, 3.63) is 18.2 Å². The number of nitrogens with two attached hydrogens (primary N) is 1. The zero-order valence-electron chi connectivity index (χ0n) is 7.51. The summed E-state index contributed by atoms with van der Waals surface area (Å²) in [5, 5.41) is 2.86. The van der Waals surface area contributed by atoms with Gasteiger partial charge in [0.25, 0.3) is 0 Å². The lowest BCUT2D eigenvalue weighted by Gasteiger charge is -2.08. The molecular formula is C9H13FN2O. The molecule has 0 aliphatic rings. The molecule has 0 unspecified atom stereocenters. The highest BCUT2D eigenvalue weighted by atomic mass is 19.1. The van der Waals surface area contributed by atoms with E-state index in [4.69, 9.17) is 10.5 Å². The van der Waals surface area contributed by atoms with Gasteiger partial charge in [-0.25, -0.2) is 4.39 Å². The van der Waals surface area contributed by atoms with Crippen LogP contribution in [0, 0.1) is 0 Å². The highest BCUT2D eigenvalue weighted by molar-refractivity contribution is 5.68. The Hall–Kier alpha value is -1.45. The molecule has 72 valence electrons. The lowest BCUT2D eigenvalue weighted by Crippen LogP contribution is -2.05. The van der Waals surface area contributed by atoms with Gasteiger partial charge in [-0.05, 0) is 12.1 Å². The fourth-order valence-electron chi connectivity index (χ4n) is 0.997. The molecule has 0 saturated heterocycles. The second kappa shape index (κ2) is 4.54. The fourth-order valence-corrected chi connectivity index (χ4v) is 0.997. The van der Waals surface area contributed by atoms with Crippen molar-refractivity contribution in [2.45, 2.75) is 0 Å². The van der Waals surface area contributed by atoms with Crippen LogP contribution in [0.5, 0.6) is 5.75 Å². The molecular weight excluding hydrogens is 171 g/mol. The molecule has 3 N–H and O–H groups in total. The van der Waals surface area contributed by atoms with Crippen molar-refractivity contribution in [2.24, 2.45) is 0 Å². The van der Waals surface area contributed by atoms with Gasteiger partial charge in [-0.15, -0.1) is 0 Å². The van der Waals surface area contributed by atoms with E-state index in [1.165, 1.54) is 0 Å². The van der Waals surface area contributed by atoms with Gasteiger partial charge >= 0.3 is 0 Å². The van der Waals surface area contributed by atoms with Crippen LogP contribution in [0.25, 0.3) is 0 Å². The Kier molecular flexibility index (Phi) is 3.37. The summed E-state index contributed by atoms with van der Waals surface area (Å²) in [4.78, 5) is 0. The van der Waals surface area contributed by atoms with Crippen LogP contribution in [0.2, 0.25) is 0 Å². The van der Waals surface area contributed by atoms with Gasteiger partial charge in [0.2, 0.25) is 0 Å². The molecule has 0 bridgehead atoms. The number of halogens is 1. The van der Waals surface area contributed by atoms with Gasteiger partial charge in [-0.1, -0.05) is 0 Å². The molecule has 0 saturated carbocycles. The number of methoxy groups -OCH3 is 1. The van der Waals surface area contributed by atoms with Crippen molar-refractivity contribution >= 4 is 11.4 Å². The molecule has 3 nitrogen and oxygen atoms in total. The lowest BCUT2D eigenvalue weighted by atomic mass is 10.2. The number of ether oxygens (including phenoxy) is 1. The van der Waals surface area contributed by atoms with Crippen LogP contribution >= 0.6 is 0 Å². The number of rotatable bonds is 4. The molecule has 0 atom stereocenters. The summed E-state index contributed by atoms with van der Waals surface area (Å²) in [7, 11) is 1.57. The zero-order chi connectivity index (χ0) is 9.68. The first-order chi connectivity index (χ1) is 6.27. The normalized spacial score (nSPS) is 9.69. The number of anilines is 2. The number of alkyl halides is 1. The maximum Gasteiger partial charge on any atom is 0.121 e. The molecule has 1 aromatic carbocycles. The van der Waals surface area contributed by atoms with Crippen molar-refractivity contribution in [3.63, 3.8) is 0 Å². The monoisotopic (exact) mass is 184 g/mol. The summed E-state index contributed by atoms with van der Waals surface area (Å²) in [5.41, 5.74) is 6.94. The van der Waals surface area contributed by atoms with Crippen molar-refractivity contribution in [1.82, 2.24) is 0 Å². The Morgan fingerprint density at radius 2 is 2.31 bits per heavy atom. The summed E-state index contributed by atoms with van der Waals surface area (Å²) in [5.74, 6) is 0.704. The average molecular weight is 184 g/mol. The lowest BCUT2D eigenvalue weighted by molar-refractivity contribution is 0.415. The smallest absolute Gasteiger partial charge is 0.121 e. The largest absolute Gasteiger partial charge is 0.497 e. The minimum absolute atomic E-state index is 0.261. The molecule has 0 aromatic heterocycles. The number of hydrogen-bond acceptors (Lipinski definition) is 3. The molecule has 1 rings (SSSR count). The minimum Gasteiger partial charge on any atom is -0.497 e. The molecule has 0 aliphatic carbocycles. The maximum atomic E-state index is 11.9. The molecule has 0 heterocycles. The summed E-state index contributed by atoms with van der Waals surface area (Å²) in [6.07, 6.45) is 0. The molecule has 0 amide bonds. The molecule has 0 spiro atoms. The van der Waals surface area contributed by atoms with Gasteiger partial charge in [0.1, 0.15) is 12.4 Å². The minimum atomic E-state index is -0.420. The van der Waals surface area contributed by atoms with Crippen molar-refractivity contribution in [3.8, 4) is 5.75 Å². The zero-order valence-corrected chi connectivity index (χ0v) is 7.51. The average Bonchev–Trinajstić information content (AvgIpc) is 2.17. The summed E-state index contributed by atoms with van der Waals surface area (Å²) in [6.45, 7) is -0.159. The van der Waals surface area contributed by atoms with Crippen molar-refractivity contribution in [2.75, 3.05) is 31.4 Å². The second-order valence-electron chi connectivity index (χ2n) is 2.57. The summed E-state index contributed by atoms with van der Waals surface area (Å²) < 4.78 is 16.9. The molecule has 4 heteroatoms. The number of benzene rings is 1. The quantitative estimate of drug-likeness (QED) is 0.699. The Balaban J connectivity index is 2.78. The van der Waals surface area contributed by atoms with E-state index in [0.29, 0.717) is 17.1 Å².